The number of aromatic nitrogens is 2. The van der Waals surface area contributed by atoms with Gasteiger partial charge in [0.05, 0.1) is 18.9 Å². The normalized spacial score (nSPS) is 21.3. The Hall–Kier alpha value is -1.28. The smallest absolute Gasteiger partial charge is 0.163 e. The molecule has 0 saturated carbocycles. The Labute approximate surface area is 117 Å². The molecule has 3 N–H and O–H groups in total. The van der Waals surface area contributed by atoms with Crippen molar-refractivity contribution in [2.45, 2.75) is 31.5 Å². The minimum atomic E-state index is -0.475. The minimum Gasteiger partial charge on any atom is -0.381 e. The first-order chi connectivity index (χ1) is 9.79. The molecule has 1 saturated heterocycles. The van der Waals surface area contributed by atoms with Gasteiger partial charge in [0.25, 0.3) is 0 Å². The third-order valence-corrected chi connectivity index (χ3v) is 4.06. The van der Waals surface area contributed by atoms with Gasteiger partial charge >= 0.3 is 0 Å². The Kier molecular flexibility index (Phi) is 3.84. The Morgan fingerprint density at radius 1 is 1.20 bits per heavy atom. The lowest BCUT2D eigenvalue weighted by molar-refractivity contribution is -0.100. The molecule has 3 rings (SSSR count). The van der Waals surface area contributed by atoms with Gasteiger partial charge in [0.15, 0.2) is 5.82 Å². The van der Waals surface area contributed by atoms with Gasteiger partial charge in [-0.2, -0.15) is 0 Å². The summed E-state index contributed by atoms with van der Waals surface area (Å²) in [7, 11) is 1.70. The predicted octanol–water partition coefficient (Wildman–Crippen LogP) is 0.487. The molecular formula is C13H20N4O3. The molecular weight excluding hydrogens is 260 g/mol. The summed E-state index contributed by atoms with van der Waals surface area (Å²) < 4.78 is 16.6. The van der Waals surface area contributed by atoms with Gasteiger partial charge in [0.1, 0.15) is 11.4 Å². The monoisotopic (exact) mass is 280 g/mol. The van der Waals surface area contributed by atoms with E-state index in [1.807, 2.05) is 0 Å². The number of fused-ring (bicyclic) bond motifs is 1. The van der Waals surface area contributed by atoms with Crippen LogP contribution in [0.25, 0.3) is 0 Å². The zero-order chi connectivity index (χ0) is 14.0. The lowest BCUT2D eigenvalue weighted by Gasteiger charge is -2.35. The molecule has 0 unspecified atom stereocenters. The minimum absolute atomic E-state index is 0.475. The van der Waals surface area contributed by atoms with Crippen LogP contribution in [0.5, 0.6) is 0 Å². The fraction of sp³-hybridized carbons (Fsp3) is 0.692. The Bertz CT molecular complexity index is 471. The third kappa shape index (κ3) is 2.26. The van der Waals surface area contributed by atoms with E-state index in [0.29, 0.717) is 38.1 Å². The first-order valence-electron chi connectivity index (χ1n) is 6.86. The lowest BCUT2D eigenvalue weighted by Crippen LogP contribution is -2.38. The van der Waals surface area contributed by atoms with Crippen LogP contribution in [0, 0.1) is 0 Å². The van der Waals surface area contributed by atoms with Crippen molar-refractivity contribution in [3.8, 4) is 0 Å². The highest BCUT2D eigenvalue weighted by Gasteiger charge is 2.38. The van der Waals surface area contributed by atoms with Crippen LogP contribution in [0.2, 0.25) is 0 Å². The third-order valence-electron chi connectivity index (χ3n) is 4.06. The molecule has 2 aliphatic heterocycles. The van der Waals surface area contributed by atoms with E-state index in [2.05, 4.69) is 10.4 Å². The second-order valence-corrected chi connectivity index (χ2v) is 5.08. The number of rotatable bonds is 3. The van der Waals surface area contributed by atoms with Crippen LogP contribution in [0.1, 0.15) is 29.9 Å². The summed E-state index contributed by atoms with van der Waals surface area (Å²) in [4.78, 5) is 9.28. The molecule has 2 aliphatic rings. The molecule has 7 nitrogen and oxygen atoms in total. The summed E-state index contributed by atoms with van der Waals surface area (Å²) in [6.07, 6.45) is 2.28. The number of nitrogen functional groups attached to an aromatic ring is 1. The number of nitrogens with zero attached hydrogens (tertiary/aromatic N) is 2. The van der Waals surface area contributed by atoms with E-state index < -0.39 is 5.60 Å². The molecule has 110 valence electrons. The molecule has 3 heterocycles. The van der Waals surface area contributed by atoms with Crippen molar-refractivity contribution >= 4 is 5.82 Å². The van der Waals surface area contributed by atoms with E-state index in [1.54, 1.807) is 7.11 Å². The highest BCUT2D eigenvalue weighted by atomic mass is 16.5. The summed E-state index contributed by atoms with van der Waals surface area (Å²) in [5.41, 5.74) is 4.13. The molecule has 0 aliphatic carbocycles. The van der Waals surface area contributed by atoms with Crippen molar-refractivity contribution in [3.63, 3.8) is 0 Å². The van der Waals surface area contributed by atoms with E-state index >= 15 is 0 Å². The van der Waals surface area contributed by atoms with Gasteiger partial charge in [-0.25, -0.2) is 15.8 Å². The van der Waals surface area contributed by atoms with Crippen molar-refractivity contribution in [2.24, 2.45) is 5.84 Å². The van der Waals surface area contributed by atoms with Crippen molar-refractivity contribution in [3.05, 3.63) is 17.1 Å². The van der Waals surface area contributed by atoms with E-state index in [-0.39, 0.29) is 0 Å². The van der Waals surface area contributed by atoms with Gasteiger partial charge in [-0.15, -0.1) is 0 Å². The van der Waals surface area contributed by atoms with Crippen LogP contribution < -0.4 is 11.3 Å². The Morgan fingerprint density at radius 2 is 2.00 bits per heavy atom. The fourth-order valence-corrected chi connectivity index (χ4v) is 2.78. The maximum absolute atomic E-state index is 5.75. The quantitative estimate of drug-likeness (QED) is 0.615. The van der Waals surface area contributed by atoms with Crippen LogP contribution in [0.15, 0.2) is 0 Å². The number of hydrogen-bond donors (Lipinski definition) is 2. The molecule has 0 radical (unpaired) electrons. The van der Waals surface area contributed by atoms with Crippen molar-refractivity contribution in [2.75, 3.05) is 32.4 Å². The SMILES string of the molecule is COC1(c2nc3c(c(NN)n2)COCC3)CCOCC1. The fourth-order valence-electron chi connectivity index (χ4n) is 2.78. The second kappa shape index (κ2) is 5.61. The number of nitrogens with two attached hydrogens (primary N) is 1. The highest BCUT2D eigenvalue weighted by Crippen LogP contribution is 2.35. The average Bonchev–Trinajstić information content (AvgIpc) is 2.54. The van der Waals surface area contributed by atoms with Crippen molar-refractivity contribution < 1.29 is 14.2 Å². The topological polar surface area (TPSA) is 91.5 Å². The summed E-state index contributed by atoms with van der Waals surface area (Å²) in [5, 5.41) is 0. The van der Waals surface area contributed by atoms with Crippen LogP contribution in [0.3, 0.4) is 0 Å². The molecule has 0 spiro atoms. The standard InChI is InChI=1S/C13H20N4O3/c1-18-13(3-6-19-7-4-13)12-15-10-2-5-20-8-9(10)11(16-12)17-14/h2-8,14H2,1H3,(H,15,16,17). The Balaban J connectivity index is 2.04. The van der Waals surface area contributed by atoms with Crippen LogP contribution in [-0.2, 0) is 32.8 Å². The lowest BCUT2D eigenvalue weighted by atomic mass is 9.92. The molecule has 7 heteroatoms. The van der Waals surface area contributed by atoms with Gasteiger partial charge in [0.2, 0.25) is 0 Å². The average molecular weight is 280 g/mol. The largest absolute Gasteiger partial charge is 0.381 e. The Morgan fingerprint density at radius 3 is 2.70 bits per heavy atom. The first-order valence-corrected chi connectivity index (χ1v) is 6.86. The van der Waals surface area contributed by atoms with E-state index in [9.17, 15) is 0 Å². The number of ether oxygens (including phenoxy) is 3. The molecule has 1 fully saturated rings. The van der Waals surface area contributed by atoms with Gasteiger partial charge in [0, 0.05) is 45.1 Å². The van der Waals surface area contributed by atoms with Gasteiger partial charge in [-0.1, -0.05) is 0 Å². The van der Waals surface area contributed by atoms with Crippen molar-refractivity contribution in [1.82, 2.24) is 9.97 Å². The van der Waals surface area contributed by atoms with Gasteiger partial charge in [-0.3, -0.25) is 0 Å². The van der Waals surface area contributed by atoms with Crippen LogP contribution in [0.4, 0.5) is 5.82 Å². The number of anilines is 1. The van der Waals surface area contributed by atoms with E-state index in [1.165, 1.54) is 0 Å². The maximum Gasteiger partial charge on any atom is 0.163 e. The maximum atomic E-state index is 5.75. The summed E-state index contributed by atoms with van der Waals surface area (Å²) in [6, 6.07) is 0. The highest BCUT2D eigenvalue weighted by molar-refractivity contribution is 5.46. The molecule has 0 aromatic carbocycles. The van der Waals surface area contributed by atoms with Crippen molar-refractivity contribution in [1.29, 1.82) is 0 Å². The number of hydrazine groups is 1. The summed E-state index contributed by atoms with van der Waals surface area (Å²) in [5.74, 6) is 6.92. The first kappa shape index (κ1) is 13.7. The zero-order valence-electron chi connectivity index (χ0n) is 11.6. The second-order valence-electron chi connectivity index (χ2n) is 5.08. The predicted molar refractivity (Wildman–Crippen MR) is 71.9 cm³/mol. The summed E-state index contributed by atoms with van der Waals surface area (Å²) >= 11 is 0. The molecule has 0 amide bonds. The number of methoxy groups -OCH3 is 1. The van der Waals surface area contributed by atoms with E-state index in [0.717, 1.165) is 30.5 Å². The van der Waals surface area contributed by atoms with Crippen LogP contribution in [-0.4, -0.2) is 36.9 Å². The number of hydrogen-bond acceptors (Lipinski definition) is 7. The molecule has 20 heavy (non-hydrogen) atoms. The van der Waals surface area contributed by atoms with Gasteiger partial charge in [-0.05, 0) is 0 Å². The summed E-state index contributed by atoms with van der Waals surface area (Å²) in [6.45, 7) is 2.49. The molecule has 1 aromatic rings. The molecule has 1 aromatic heterocycles. The number of nitrogens with one attached hydrogen (secondary N) is 1. The zero-order valence-corrected chi connectivity index (χ0v) is 11.6. The van der Waals surface area contributed by atoms with Gasteiger partial charge < -0.3 is 19.6 Å². The molecule has 0 atom stereocenters. The molecule has 0 bridgehead atoms. The van der Waals surface area contributed by atoms with Crippen LogP contribution >= 0.6 is 0 Å². The van der Waals surface area contributed by atoms with E-state index in [4.69, 9.17) is 25.0 Å².